The molecule has 4 aromatic heterocycles. The number of ether oxygens (including phenoxy) is 1. The number of piperidine rings is 1. The molecule has 5 heterocycles. The molecule has 3 atom stereocenters. The quantitative estimate of drug-likeness (QED) is 0.339. The normalized spacial score (nSPS) is 18.1. The number of nitriles is 1. The monoisotopic (exact) mass is 605 g/mol. The zero-order chi connectivity index (χ0) is 28.6. The number of β-amino-alcohol motifs (C(OH)–C–C–N with tert-alkyl or cyclic N) is 1. The van der Waals surface area contributed by atoms with Crippen molar-refractivity contribution in [2.24, 2.45) is 0 Å². The van der Waals surface area contributed by atoms with Crippen molar-refractivity contribution in [1.29, 1.82) is 5.26 Å². The van der Waals surface area contributed by atoms with Gasteiger partial charge in [0.2, 0.25) is 0 Å². The van der Waals surface area contributed by atoms with Crippen LogP contribution in [-0.4, -0.2) is 91.4 Å². The first kappa shape index (κ1) is 27.7. The van der Waals surface area contributed by atoms with Crippen LogP contribution in [0.15, 0.2) is 36.9 Å². The van der Waals surface area contributed by atoms with Gasteiger partial charge in [0.05, 0.1) is 0 Å². The van der Waals surface area contributed by atoms with Crippen LogP contribution in [0.4, 0.5) is 4.79 Å². The molecule has 1 aliphatic heterocycles. The fraction of sp³-hybridized carbons (Fsp3) is 0.444. The number of hydrogen-bond acceptors (Lipinski definition) is 9. The van der Waals surface area contributed by atoms with Crippen LogP contribution in [-0.2, 0) is 4.74 Å². The number of fused-ring (bicyclic) bond motifs is 1. The molecule has 40 heavy (non-hydrogen) atoms. The number of pyridine rings is 2. The summed E-state index contributed by atoms with van der Waals surface area (Å²) in [4.78, 5) is 23.1. The molecule has 0 aliphatic carbocycles. The van der Waals surface area contributed by atoms with E-state index in [2.05, 4.69) is 45.3 Å². The molecule has 1 saturated heterocycles. The first-order valence-electron chi connectivity index (χ1n) is 13.1. The summed E-state index contributed by atoms with van der Waals surface area (Å²) in [5.74, 6) is 0.646. The van der Waals surface area contributed by atoms with Crippen LogP contribution in [0.2, 0.25) is 4.71 Å². The predicted octanol–water partition coefficient (Wildman–Crippen LogP) is 2.38. The minimum atomic E-state index is -0.804. The van der Waals surface area contributed by atoms with Gasteiger partial charge in [-0.25, -0.2) is 0 Å². The minimum absolute atomic E-state index is 0.164. The van der Waals surface area contributed by atoms with Gasteiger partial charge < -0.3 is 0 Å². The molecule has 0 bridgehead atoms. The van der Waals surface area contributed by atoms with Gasteiger partial charge in [-0.2, -0.15) is 0 Å². The van der Waals surface area contributed by atoms with Gasteiger partial charge in [-0.15, -0.1) is 0 Å². The number of aliphatic hydroxyl groups excluding tert-OH is 1. The van der Waals surface area contributed by atoms with Gasteiger partial charge in [-0.05, 0) is 20.8 Å². The standard InChI is InChI=1S/C27H32AsN9O3/c1-16(2)28-20-9-24(37-25-18(12-32-37)8-17(10-29)11-31-25)30-13-19(20)21-14-36(34-33-21)22-6-7-35(15-23(22)38)26(39)40-27(3,4)5/h8-9,11-14,16,22-23,28,38H,6-7,15H2,1-5H3/t22-,23-/m1/s1. The van der Waals surface area contributed by atoms with Crippen molar-refractivity contribution >= 4 is 37.2 Å². The molecule has 1 unspecified atom stereocenters. The van der Waals surface area contributed by atoms with E-state index in [1.165, 1.54) is 11.1 Å². The average Bonchev–Trinajstić information content (AvgIpc) is 3.54. The second kappa shape index (κ2) is 11.0. The Morgan fingerprint density at radius 2 is 2.02 bits per heavy atom. The van der Waals surface area contributed by atoms with E-state index in [1.54, 1.807) is 27.8 Å². The summed E-state index contributed by atoms with van der Waals surface area (Å²) in [6.45, 7) is 10.5. The number of aliphatic hydroxyl groups is 1. The Hall–Kier alpha value is -3.81. The van der Waals surface area contributed by atoms with E-state index in [9.17, 15) is 15.2 Å². The summed E-state index contributed by atoms with van der Waals surface area (Å²) in [6, 6.07) is 5.59. The Morgan fingerprint density at radius 3 is 2.73 bits per heavy atom. The van der Waals surface area contributed by atoms with Crippen molar-refractivity contribution in [3.8, 4) is 23.1 Å². The Kier molecular flexibility index (Phi) is 7.62. The number of carbonyl (C=O) groups is 1. The Labute approximate surface area is 238 Å². The average molecular weight is 606 g/mol. The van der Waals surface area contributed by atoms with Gasteiger partial charge in [0.15, 0.2) is 0 Å². The van der Waals surface area contributed by atoms with Crippen molar-refractivity contribution in [3.05, 3.63) is 42.5 Å². The molecule has 1 aliphatic rings. The molecule has 13 heteroatoms. The van der Waals surface area contributed by atoms with Crippen LogP contribution in [0.3, 0.4) is 0 Å². The van der Waals surface area contributed by atoms with E-state index in [0.717, 1.165) is 15.3 Å². The van der Waals surface area contributed by atoms with Gasteiger partial charge in [-0.1, -0.05) is 0 Å². The molecule has 0 spiro atoms. The topological polar surface area (TPSA) is 148 Å². The molecule has 1 N–H and O–H groups in total. The van der Waals surface area contributed by atoms with Crippen LogP contribution in [0, 0.1) is 11.3 Å². The van der Waals surface area contributed by atoms with Gasteiger partial charge in [0.1, 0.15) is 0 Å². The van der Waals surface area contributed by atoms with E-state index in [4.69, 9.17) is 4.74 Å². The molecular weight excluding hydrogens is 573 g/mol. The number of rotatable bonds is 5. The van der Waals surface area contributed by atoms with Crippen LogP contribution >= 0.6 is 0 Å². The van der Waals surface area contributed by atoms with Crippen molar-refractivity contribution in [2.45, 2.75) is 63.5 Å². The summed E-state index contributed by atoms with van der Waals surface area (Å²) in [7, 11) is 0. The fourth-order valence-corrected chi connectivity index (χ4v) is 7.11. The van der Waals surface area contributed by atoms with Crippen LogP contribution in [0.5, 0.6) is 0 Å². The van der Waals surface area contributed by atoms with E-state index in [-0.39, 0.29) is 12.6 Å². The second-order valence-electron chi connectivity index (χ2n) is 11.1. The summed E-state index contributed by atoms with van der Waals surface area (Å²) in [5.41, 5.74) is 2.10. The molecule has 0 saturated carbocycles. The van der Waals surface area contributed by atoms with Gasteiger partial charge in [-0.3, -0.25) is 0 Å². The molecule has 5 rings (SSSR count). The summed E-state index contributed by atoms with van der Waals surface area (Å²) < 4.78 is 10.5. The summed E-state index contributed by atoms with van der Waals surface area (Å²) >= 11 is -0.557. The number of nitrogens with zero attached hydrogens (tertiary/aromatic N) is 9. The first-order chi connectivity index (χ1) is 19.0. The van der Waals surface area contributed by atoms with E-state index in [1.807, 2.05) is 33.0 Å². The number of aromatic nitrogens is 7. The van der Waals surface area contributed by atoms with Gasteiger partial charge >= 0.3 is 218 Å². The Balaban J connectivity index is 1.39. The first-order valence-corrected chi connectivity index (χ1v) is 15.4. The maximum atomic E-state index is 12.5. The third kappa shape index (κ3) is 5.86. The number of likely N-dealkylation sites (tertiary alicyclic amines) is 1. The Morgan fingerprint density at radius 1 is 1.23 bits per heavy atom. The van der Waals surface area contributed by atoms with Crippen LogP contribution in [0.1, 0.15) is 52.6 Å². The second-order valence-corrected chi connectivity index (χ2v) is 15.3. The SMILES string of the molecule is CC(C)[AsH]c1cc(-n2ncc3cc(C#N)cnc32)ncc1-c1cn([C@@H]2CCN(C(=O)OC(C)(C)C)C[C@H]2O)nn1. The molecule has 0 radical (unpaired) electrons. The predicted molar refractivity (Wildman–Crippen MR) is 150 cm³/mol. The zero-order valence-electron chi connectivity index (χ0n) is 23.1. The molecule has 12 nitrogen and oxygen atoms in total. The van der Waals surface area contributed by atoms with Crippen molar-refractivity contribution in [3.63, 3.8) is 0 Å². The van der Waals surface area contributed by atoms with Crippen LogP contribution in [0.25, 0.3) is 28.1 Å². The molecule has 1 fully saturated rings. The number of carbonyl (C=O) groups excluding carboxylic acids is 1. The molecule has 4 aromatic rings. The van der Waals surface area contributed by atoms with E-state index >= 15 is 0 Å². The molecular formula is C27H32AsN9O3. The third-order valence-electron chi connectivity index (χ3n) is 6.41. The third-order valence-corrected chi connectivity index (χ3v) is 9.14. The van der Waals surface area contributed by atoms with Crippen molar-refractivity contribution in [2.75, 3.05) is 13.1 Å². The Bertz CT molecular complexity index is 1580. The van der Waals surface area contributed by atoms with Gasteiger partial charge in [0.25, 0.3) is 0 Å². The summed E-state index contributed by atoms with van der Waals surface area (Å²) in [5, 5.41) is 34.1. The van der Waals surface area contributed by atoms with Crippen molar-refractivity contribution in [1.82, 2.24) is 39.6 Å². The fourth-order valence-electron chi connectivity index (χ4n) is 4.63. The zero-order valence-corrected chi connectivity index (χ0v) is 25.2. The maximum absolute atomic E-state index is 12.5. The molecule has 208 valence electrons. The molecule has 0 aromatic carbocycles. The van der Waals surface area contributed by atoms with Crippen molar-refractivity contribution < 1.29 is 14.6 Å². The number of hydrogen-bond donors (Lipinski definition) is 1. The van der Waals surface area contributed by atoms with Gasteiger partial charge in [0, 0.05) is 0 Å². The van der Waals surface area contributed by atoms with Crippen LogP contribution < -0.4 is 4.35 Å². The van der Waals surface area contributed by atoms with E-state index < -0.39 is 33.6 Å². The number of amides is 1. The van der Waals surface area contributed by atoms with E-state index in [0.29, 0.717) is 40.4 Å². The summed E-state index contributed by atoms with van der Waals surface area (Å²) in [6.07, 6.45) is 6.15. The molecule has 1 amide bonds.